The average Bonchev–Trinajstić information content (AvgIpc) is 1.86. The maximum atomic E-state index is 5.10. The molecular weight excluding hydrogens is 124 g/mol. The summed E-state index contributed by atoms with van der Waals surface area (Å²) < 4.78 is 0. The predicted octanol–water partition coefficient (Wildman–Crippen LogP) is -0.0867. The number of hydrogen-bond acceptors (Lipinski definition) is 2. The van der Waals surface area contributed by atoms with Crippen molar-refractivity contribution in [1.82, 2.24) is 10.2 Å². The van der Waals surface area contributed by atoms with Crippen molar-refractivity contribution in [2.75, 3.05) is 26.2 Å². The van der Waals surface area contributed by atoms with Gasteiger partial charge in [-0.1, -0.05) is 12.8 Å². The molecular formula is C8H14N2. The lowest BCUT2D eigenvalue weighted by atomic mass is 10.1. The first-order chi connectivity index (χ1) is 4.86. The zero-order chi connectivity index (χ0) is 7.40. The quantitative estimate of drug-likeness (QED) is 0.548. The number of nitrogens with one attached hydrogen (secondary N) is 1. The van der Waals surface area contributed by atoms with Gasteiger partial charge < -0.3 is 10.2 Å². The first-order valence-corrected chi connectivity index (χ1v) is 3.76. The maximum Gasteiger partial charge on any atom is 0.0576 e. The number of likely N-dealkylation sites (tertiary alicyclic amines) is 1. The SMILES string of the molecule is C#CCNC1CN(CC)C1. The van der Waals surface area contributed by atoms with Crippen molar-refractivity contribution in [2.45, 2.75) is 13.0 Å². The van der Waals surface area contributed by atoms with Crippen LogP contribution in [0.25, 0.3) is 0 Å². The summed E-state index contributed by atoms with van der Waals surface area (Å²) in [5, 5.41) is 3.26. The van der Waals surface area contributed by atoms with Gasteiger partial charge in [-0.05, 0) is 6.54 Å². The second-order valence-corrected chi connectivity index (χ2v) is 2.63. The van der Waals surface area contributed by atoms with E-state index in [1.165, 1.54) is 0 Å². The fraction of sp³-hybridized carbons (Fsp3) is 0.750. The fourth-order valence-electron chi connectivity index (χ4n) is 1.16. The molecule has 0 aromatic heterocycles. The number of nitrogens with zero attached hydrogens (tertiary/aromatic N) is 1. The Morgan fingerprint density at radius 2 is 2.40 bits per heavy atom. The van der Waals surface area contributed by atoms with E-state index < -0.39 is 0 Å². The lowest BCUT2D eigenvalue weighted by Gasteiger charge is -2.38. The van der Waals surface area contributed by atoms with Crippen LogP contribution in [0.2, 0.25) is 0 Å². The van der Waals surface area contributed by atoms with Gasteiger partial charge in [0.05, 0.1) is 6.54 Å². The Kier molecular flexibility index (Phi) is 2.73. The van der Waals surface area contributed by atoms with Gasteiger partial charge >= 0.3 is 0 Å². The smallest absolute Gasteiger partial charge is 0.0576 e. The van der Waals surface area contributed by atoms with E-state index in [9.17, 15) is 0 Å². The Morgan fingerprint density at radius 3 is 2.90 bits per heavy atom. The van der Waals surface area contributed by atoms with Crippen molar-refractivity contribution >= 4 is 0 Å². The molecule has 2 heteroatoms. The van der Waals surface area contributed by atoms with E-state index in [4.69, 9.17) is 6.42 Å². The third kappa shape index (κ3) is 1.73. The van der Waals surface area contributed by atoms with E-state index in [0.29, 0.717) is 12.6 Å². The van der Waals surface area contributed by atoms with Crippen molar-refractivity contribution in [3.8, 4) is 12.3 Å². The summed E-state index contributed by atoms with van der Waals surface area (Å²) in [6.45, 7) is 6.38. The Hall–Kier alpha value is -0.520. The van der Waals surface area contributed by atoms with Crippen molar-refractivity contribution in [2.24, 2.45) is 0 Å². The molecule has 0 amide bonds. The van der Waals surface area contributed by atoms with Crippen molar-refractivity contribution in [1.29, 1.82) is 0 Å². The monoisotopic (exact) mass is 138 g/mol. The van der Waals surface area contributed by atoms with Gasteiger partial charge in [-0.15, -0.1) is 6.42 Å². The van der Waals surface area contributed by atoms with Crippen LogP contribution in [0.1, 0.15) is 6.92 Å². The third-order valence-corrected chi connectivity index (χ3v) is 1.90. The molecule has 0 radical (unpaired) electrons. The van der Waals surface area contributed by atoms with Gasteiger partial charge in [-0.3, -0.25) is 0 Å². The molecule has 1 fully saturated rings. The maximum absolute atomic E-state index is 5.10. The van der Waals surface area contributed by atoms with Crippen LogP contribution in [0.3, 0.4) is 0 Å². The summed E-state index contributed by atoms with van der Waals surface area (Å²) in [6.07, 6.45) is 5.10. The lowest BCUT2D eigenvalue weighted by Crippen LogP contribution is -2.57. The predicted molar refractivity (Wildman–Crippen MR) is 42.7 cm³/mol. The van der Waals surface area contributed by atoms with E-state index in [2.05, 4.69) is 23.1 Å². The van der Waals surface area contributed by atoms with Crippen molar-refractivity contribution < 1.29 is 0 Å². The zero-order valence-electron chi connectivity index (χ0n) is 6.43. The number of rotatable bonds is 3. The normalized spacial score (nSPS) is 20.0. The summed E-state index contributed by atoms with van der Waals surface area (Å²) in [7, 11) is 0. The van der Waals surface area contributed by atoms with Crippen LogP contribution in [0, 0.1) is 12.3 Å². The van der Waals surface area contributed by atoms with Gasteiger partial charge in [0.1, 0.15) is 0 Å². The summed E-state index contributed by atoms with van der Waals surface area (Å²) >= 11 is 0. The van der Waals surface area contributed by atoms with Crippen LogP contribution in [0.5, 0.6) is 0 Å². The topological polar surface area (TPSA) is 15.3 Å². The molecule has 0 unspecified atom stereocenters. The largest absolute Gasteiger partial charge is 0.301 e. The first-order valence-electron chi connectivity index (χ1n) is 3.76. The third-order valence-electron chi connectivity index (χ3n) is 1.90. The number of hydrogen-bond donors (Lipinski definition) is 1. The van der Waals surface area contributed by atoms with Crippen LogP contribution in [0.15, 0.2) is 0 Å². The summed E-state index contributed by atoms with van der Waals surface area (Å²) in [5.41, 5.74) is 0. The van der Waals surface area contributed by atoms with E-state index in [0.717, 1.165) is 19.6 Å². The molecule has 0 aliphatic carbocycles. The molecule has 1 rings (SSSR count). The highest BCUT2D eigenvalue weighted by Crippen LogP contribution is 2.05. The molecule has 0 atom stereocenters. The molecule has 0 aromatic rings. The Bertz CT molecular complexity index is 131. The Labute approximate surface area is 62.6 Å². The molecule has 1 N–H and O–H groups in total. The molecule has 0 spiro atoms. The summed E-state index contributed by atoms with van der Waals surface area (Å²) in [6, 6.07) is 0.649. The second-order valence-electron chi connectivity index (χ2n) is 2.63. The van der Waals surface area contributed by atoms with Crippen LogP contribution in [0.4, 0.5) is 0 Å². The molecule has 56 valence electrons. The molecule has 1 saturated heterocycles. The average molecular weight is 138 g/mol. The van der Waals surface area contributed by atoms with Crippen LogP contribution in [-0.2, 0) is 0 Å². The molecule has 0 bridgehead atoms. The minimum absolute atomic E-state index is 0.649. The Morgan fingerprint density at radius 1 is 1.70 bits per heavy atom. The minimum atomic E-state index is 0.649. The fourth-order valence-corrected chi connectivity index (χ4v) is 1.16. The van der Waals surface area contributed by atoms with Gasteiger partial charge in [0.15, 0.2) is 0 Å². The standard InChI is InChI=1S/C8H14N2/c1-3-5-9-8-6-10(4-2)7-8/h1,8-9H,4-7H2,2H3. The summed E-state index contributed by atoms with van der Waals surface area (Å²) in [4.78, 5) is 2.38. The highest BCUT2D eigenvalue weighted by molar-refractivity contribution is 4.92. The molecule has 1 aliphatic heterocycles. The van der Waals surface area contributed by atoms with Gasteiger partial charge in [-0.2, -0.15) is 0 Å². The minimum Gasteiger partial charge on any atom is -0.301 e. The second kappa shape index (κ2) is 3.60. The number of likely N-dealkylation sites (N-methyl/N-ethyl adjacent to an activating group) is 1. The molecule has 1 aliphatic rings. The highest BCUT2D eigenvalue weighted by atomic mass is 15.2. The van der Waals surface area contributed by atoms with Crippen LogP contribution in [-0.4, -0.2) is 37.1 Å². The van der Waals surface area contributed by atoms with E-state index in [1.807, 2.05) is 0 Å². The van der Waals surface area contributed by atoms with E-state index >= 15 is 0 Å². The van der Waals surface area contributed by atoms with Crippen LogP contribution >= 0.6 is 0 Å². The molecule has 10 heavy (non-hydrogen) atoms. The first kappa shape index (κ1) is 7.59. The van der Waals surface area contributed by atoms with E-state index in [-0.39, 0.29) is 0 Å². The highest BCUT2D eigenvalue weighted by Gasteiger charge is 2.23. The van der Waals surface area contributed by atoms with Gasteiger partial charge in [-0.25, -0.2) is 0 Å². The van der Waals surface area contributed by atoms with Crippen LogP contribution < -0.4 is 5.32 Å². The van der Waals surface area contributed by atoms with Gasteiger partial charge in [0.2, 0.25) is 0 Å². The molecule has 2 nitrogen and oxygen atoms in total. The van der Waals surface area contributed by atoms with Gasteiger partial charge in [0, 0.05) is 19.1 Å². The van der Waals surface area contributed by atoms with Crippen molar-refractivity contribution in [3.63, 3.8) is 0 Å². The zero-order valence-corrected chi connectivity index (χ0v) is 6.43. The molecule has 1 heterocycles. The lowest BCUT2D eigenvalue weighted by molar-refractivity contribution is 0.137. The molecule has 0 saturated carbocycles. The summed E-state index contributed by atoms with van der Waals surface area (Å²) in [5.74, 6) is 2.57. The molecule has 0 aromatic carbocycles. The van der Waals surface area contributed by atoms with Gasteiger partial charge in [0.25, 0.3) is 0 Å². The van der Waals surface area contributed by atoms with Crippen molar-refractivity contribution in [3.05, 3.63) is 0 Å². The van der Waals surface area contributed by atoms with E-state index in [1.54, 1.807) is 0 Å². The Balaban J connectivity index is 1.99. The number of terminal acetylenes is 1.